The van der Waals surface area contributed by atoms with Crippen LogP contribution in [0.25, 0.3) is 0 Å². The third-order valence-corrected chi connectivity index (χ3v) is 1.38. The second-order valence-electron chi connectivity index (χ2n) is 1.97. The molecule has 0 heterocycles. The number of carboxylic acid groups (broad SMARTS) is 1. The fourth-order valence-electron chi connectivity index (χ4n) is 0.364. The number of carbonyl (C=O) groups excluding carboxylic acids is 1. The maximum atomic E-state index is 10.5. The third-order valence-electron chi connectivity index (χ3n) is 0.914. The van der Waals surface area contributed by atoms with Gasteiger partial charge < -0.3 is 20.0 Å². The van der Waals surface area contributed by atoms with Crippen molar-refractivity contribution in [2.75, 3.05) is 6.61 Å². The fourth-order valence-corrected chi connectivity index (χ4v) is 0.660. The Morgan fingerprint density at radius 3 is 2.15 bits per heavy atom. The van der Waals surface area contributed by atoms with Gasteiger partial charge in [0.1, 0.15) is 6.61 Å². The Kier molecular flexibility index (Phi) is 4.18. The summed E-state index contributed by atoms with van der Waals surface area (Å²) < 4.78 is 13.7. The van der Waals surface area contributed by atoms with E-state index in [0.717, 1.165) is 0 Å². The maximum Gasteiger partial charge on any atom is 0.470 e. The van der Waals surface area contributed by atoms with E-state index in [4.69, 9.17) is 20.0 Å². The number of rotatable bonds is 5. The average molecular weight is 214 g/mol. The summed E-state index contributed by atoms with van der Waals surface area (Å²) in [6.07, 6.45) is -2.33. The van der Waals surface area contributed by atoms with Gasteiger partial charge in [-0.25, -0.2) is 9.36 Å². The highest BCUT2D eigenvalue weighted by Crippen LogP contribution is 2.35. The van der Waals surface area contributed by atoms with Crippen LogP contribution in [0.1, 0.15) is 0 Å². The van der Waals surface area contributed by atoms with Crippen LogP contribution in [-0.4, -0.2) is 44.5 Å². The monoisotopic (exact) mass is 214 g/mol. The molecule has 9 heteroatoms. The van der Waals surface area contributed by atoms with Crippen LogP contribution in [0.2, 0.25) is 0 Å². The quantitative estimate of drug-likeness (QED) is 0.307. The highest BCUT2D eigenvalue weighted by atomic mass is 31.2. The van der Waals surface area contributed by atoms with E-state index in [2.05, 4.69) is 4.52 Å². The molecule has 0 rings (SSSR count). The summed E-state index contributed by atoms with van der Waals surface area (Å²) >= 11 is 0. The van der Waals surface area contributed by atoms with Gasteiger partial charge in [0.25, 0.3) is 0 Å². The van der Waals surface area contributed by atoms with Crippen molar-refractivity contribution in [3.63, 3.8) is 0 Å². The van der Waals surface area contributed by atoms with E-state index in [9.17, 15) is 14.2 Å². The lowest BCUT2D eigenvalue weighted by Gasteiger charge is -2.05. The van der Waals surface area contributed by atoms with Gasteiger partial charge in [-0.15, -0.1) is 0 Å². The van der Waals surface area contributed by atoms with Crippen molar-refractivity contribution in [3.05, 3.63) is 0 Å². The van der Waals surface area contributed by atoms with E-state index < -0.39 is 32.3 Å². The van der Waals surface area contributed by atoms with E-state index in [1.54, 1.807) is 0 Å². The third kappa shape index (κ3) is 5.45. The summed E-state index contributed by atoms with van der Waals surface area (Å²) in [5, 5.41) is 16.6. The number of ketones is 1. The molecule has 1 unspecified atom stereocenters. The van der Waals surface area contributed by atoms with Crippen LogP contribution in [-0.2, 0) is 18.7 Å². The second-order valence-corrected chi connectivity index (χ2v) is 3.21. The predicted octanol–water partition coefficient (Wildman–Crippen LogP) is -1.89. The van der Waals surface area contributed by atoms with Gasteiger partial charge in [0.2, 0.25) is 6.10 Å². The van der Waals surface area contributed by atoms with Crippen LogP contribution in [0.4, 0.5) is 0 Å². The normalized spacial score (nSPS) is 13.8. The maximum absolute atomic E-state index is 10.5. The number of aliphatic hydroxyl groups is 1. The van der Waals surface area contributed by atoms with Crippen LogP contribution in [0.15, 0.2) is 0 Å². The van der Waals surface area contributed by atoms with Crippen LogP contribution < -0.4 is 0 Å². The minimum absolute atomic E-state index is 1.16. The molecule has 0 saturated heterocycles. The Labute approximate surface area is 72.0 Å². The first-order valence-electron chi connectivity index (χ1n) is 2.87. The largest absolute Gasteiger partial charge is 0.479 e. The molecule has 0 aromatic rings. The molecular weight excluding hydrogens is 207 g/mol. The van der Waals surface area contributed by atoms with Crippen molar-refractivity contribution in [2.24, 2.45) is 0 Å². The molecule has 4 N–H and O–H groups in total. The molecular formula is C4H7O8P. The lowest BCUT2D eigenvalue weighted by Crippen LogP contribution is -2.32. The molecule has 0 radical (unpaired) electrons. The number of hydrogen-bond acceptors (Lipinski definition) is 5. The Morgan fingerprint density at radius 2 is 1.85 bits per heavy atom. The van der Waals surface area contributed by atoms with E-state index in [-0.39, 0.29) is 0 Å². The first-order valence-corrected chi connectivity index (χ1v) is 4.41. The topological polar surface area (TPSA) is 141 Å². The lowest BCUT2D eigenvalue weighted by molar-refractivity contribution is -0.153. The molecule has 0 amide bonds. The Bertz CT molecular complexity index is 253. The molecule has 0 aliphatic carbocycles. The number of carbonyl (C=O) groups is 2. The Hall–Kier alpha value is -0.790. The SMILES string of the molecule is O=C(O)C(O)C(=O)COP(=O)(O)O. The number of phosphoric acid groups is 1. The molecule has 0 aromatic carbocycles. The summed E-state index contributed by atoms with van der Waals surface area (Å²) in [6.45, 7) is -1.16. The summed E-state index contributed by atoms with van der Waals surface area (Å²) in [7, 11) is -4.81. The molecule has 0 aliphatic rings. The van der Waals surface area contributed by atoms with Crippen LogP contribution in [0, 0.1) is 0 Å². The van der Waals surface area contributed by atoms with E-state index in [0.29, 0.717) is 0 Å². The number of phosphoric ester groups is 1. The molecule has 0 aromatic heterocycles. The van der Waals surface area contributed by atoms with Crippen molar-refractivity contribution in [1.29, 1.82) is 0 Å². The standard InChI is InChI=1S/C4H7O8P/c5-2(3(6)4(7)8)1-12-13(9,10)11/h3,6H,1H2,(H,7,8)(H2,9,10,11). The number of aliphatic hydroxyl groups excluding tert-OH is 1. The number of carboxylic acids is 1. The molecule has 0 spiro atoms. The molecule has 13 heavy (non-hydrogen) atoms. The zero-order valence-corrected chi connectivity index (χ0v) is 7.05. The summed E-state index contributed by atoms with van der Waals surface area (Å²) in [5.74, 6) is -3.14. The van der Waals surface area contributed by atoms with Gasteiger partial charge in [-0.2, -0.15) is 0 Å². The molecule has 76 valence electrons. The van der Waals surface area contributed by atoms with Gasteiger partial charge in [-0.05, 0) is 0 Å². The number of aliphatic carboxylic acids is 1. The van der Waals surface area contributed by atoms with Crippen molar-refractivity contribution in [3.8, 4) is 0 Å². The second kappa shape index (κ2) is 4.45. The van der Waals surface area contributed by atoms with Crippen molar-refractivity contribution >= 4 is 19.6 Å². The first kappa shape index (κ1) is 12.2. The zero-order chi connectivity index (χ0) is 10.6. The smallest absolute Gasteiger partial charge is 0.470 e. The van der Waals surface area contributed by atoms with E-state index in [1.165, 1.54) is 0 Å². The van der Waals surface area contributed by atoms with Crippen molar-refractivity contribution in [2.45, 2.75) is 6.10 Å². The molecule has 0 saturated carbocycles. The van der Waals surface area contributed by atoms with Gasteiger partial charge in [0.15, 0.2) is 5.78 Å². The van der Waals surface area contributed by atoms with Crippen molar-refractivity contribution < 1.29 is 38.7 Å². The van der Waals surface area contributed by atoms with Crippen LogP contribution in [0.5, 0.6) is 0 Å². The Morgan fingerprint density at radius 1 is 1.38 bits per heavy atom. The Balaban J connectivity index is 4.03. The molecule has 0 bridgehead atoms. The zero-order valence-electron chi connectivity index (χ0n) is 6.15. The van der Waals surface area contributed by atoms with Gasteiger partial charge >= 0.3 is 13.8 Å². The van der Waals surface area contributed by atoms with Crippen LogP contribution >= 0.6 is 7.82 Å². The predicted molar refractivity (Wildman–Crippen MR) is 36.6 cm³/mol. The van der Waals surface area contributed by atoms with Gasteiger partial charge in [-0.3, -0.25) is 9.32 Å². The first-order chi connectivity index (χ1) is 5.74. The highest BCUT2D eigenvalue weighted by molar-refractivity contribution is 7.46. The molecule has 1 atom stereocenters. The fraction of sp³-hybridized carbons (Fsp3) is 0.500. The summed E-state index contributed by atoms with van der Waals surface area (Å²) in [5.41, 5.74) is 0. The lowest BCUT2D eigenvalue weighted by atomic mass is 10.2. The minimum Gasteiger partial charge on any atom is -0.479 e. The van der Waals surface area contributed by atoms with Crippen molar-refractivity contribution in [1.82, 2.24) is 0 Å². The van der Waals surface area contributed by atoms with Gasteiger partial charge in [0.05, 0.1) is 0 Å². The van der Waals surface area contributed by atoms with Gasteiger partial charge in [0, 0.05) is 0 Å². The van der Waals surface area contributed by atoms with Gasteiger partial charge in [-0.1, -0.05) is 0 Å². The molecule has 8 nitrogen and oxygen atoms in total. The average Bonchev–Trinajstić information content (AvgIpc) is 1.97. The summed E-state index contributed by atoms with van der Waals surface area (Å²) in [6, 6.07) is 0. The minimum atomic E-state index is -4.81. The van der Waals surface area contributed by atoms with E-state index in [1.807, 2.05) is 0 Å². The van der Waals surface area contributed by atoms with Crippen LogP contribution in [0.3, 0.4) is 0 Å². The summed E-state index contributed by atoms with van der Waals surface area (Å²) in [4.78, 5) is 36.7. The molecule has 0 fully saturated rings. The molecule has 0 aliphatic heterocycles. The number of hydrogen-bond donors (Lipinski definition) is 4. The number of Topliss-reactive ketones (excluding diaryl/α,β-unsaturated/α-hetero) is 1. The van der Waals surface area contributed by atoms with E-state index >= 15 is 0 Å². The highest BCUT2D eigenvalue weighted by Gasteiger charge is 2.25.